The summed E-state index contributed by atoms with van der Waals surface area (Å²) in [6.07, 6.45) is 15.4. The van der Waals surface area contributed by atoms with Gasteiger partial charge in [0, 0.05) is 104 Å². The third kappa shape index (κ3) is 5.34. The Morgan fingerprint density at radius 3 is 1.03 bits per heavy atom. The minimum atomic E-state index is 0.743. The topological polar surface area (TPSA) is 84.2 Å². The molecule has 9 nitrogen and oxygen atoms in total. The summed E-state index contributed by atoms with van der Waals surface area (Å²) in [5, 5.41) is 8.65. The van der Waals surface area contributed by atoms with Gasteiger partial charge in [-0.05, 0) is 65.7 Å². The van der Waals surface area contributed by atoms with Crippen molar-refractivity contribution in [1.82, 2.24) is 43.2 Å². The first-order valence-corrected chi connectivity index (χ1v) is 23.4. The summed E-state index contributed by atoms with van der Waals surface area (Å²) in [5.41, 5.74) is 14.0. The van der Waals surface area contributed by atoms with Crippen molar-refractivity contribution in [2.45, 2.75) is 0 Å². The molecule has 0 atom stereocenters. The average Bonchev–Trinajstić information content (AvgIpc) is 4.16. The fraction of sp³-hybridized carbons (Fsp3) is 0. The second kappa shape index (κ2) is 14.9. The highest BCUT2D eigenvalue weighted by Gasteiger charge is 2.33. The zero-order chi connectivity index (χ0) is 45.9. The Hall–Kier alpha value is -9.73. The van der Waals surface area contributed by atoms with Gasteiger partial charge in [0.05, 0.1) is 44.1 Å². The highest BCUT2D eigenvalue weighted by molar-refractivity contribution is 6.16. The van der Waals surface area contributed by atoms with Crippen LogP contribution in [-0.2, 0) is 0 Å². The lowest BCUT2D eigenvalue weighted by molar-refractivity contribution is 0.960. The number of nitrogens with zero attached hydrogens (tertiary/aromatic N) is 9. The maximum Gasteiger partial charge on any atom is 0.165 e. The fourth-order valence-corrected chi connectivity index (χ4v) is 11.3. The van der Waals surface area contributed by atoms with E-state index in [4.69, 9.17) is 24.9 Å². The van der Waals surface area contributed by atoms with E-state index in [0.717, 1.165) is 132 Å². The van der Waals surface area contributed by atoms with Gasteiger partial charge in [-0.2, -0.15) is 0 Å². The summed E-state index contributed by atoms with van der Waals surface area (Å²) >= 11 is 0. The predicted octanol–water partition coefficient (Wildman–Crippen LogP) is 14.4. The van der Waals surface area contributed by atoms with Gasteiger partial charge in [-0.1, -0.05) is 121 Å². The molecule has 15 aromatic rings. The van der Waals surface area contributed by atoms with E-state index < -0.39 is 0 Å². The molecule has 0 aliphatic heterocycles. The van der Waals surface area contributed by atoms with Crippen LogP contribution in [0.3, 0.4) is 0 Å². The molecule has 6 aromatic carbocycles. The van der Waals surface area contributed by atoms with Crippen LogP contribution in [-0.4, -0.2) is 43.2 Å². The quantitative estimate of drug-likeness (QED) is 0.166. The van der Waals surface area contributed by atoms with Gasteiger partial charge in [-0.3, -0.25) is 29.1 Å². The van der Waals surface area contributed by atoms with Gasteiger partial charge in [-0.25, -0.2) is 4.98 Å². The Labute approximate surface area is 399 Å². The Morgan fingerprint density at radius 1 is 0.257 bits per heavy atom. The summed E-state index contributed by atoms with van der Waals surface area (Å²) in [5.74, 6) is 1.49. The number of para-hydroxylation sites is 5. The molecule has 9 aromatic heterocycles. The maximum atomic E-state index is 6.30. The van der Waals surface area contributed by atoms with Crippen molar-refractivity contribution in [2.24, 2.45) is 0 Å². The first-order valence-electron chi connectivity index (χ1n) is 23.4. The van der Waals surface area contributed by atoms with Gasteiger partial charge < -0.3 is 9.13 Å². The van der Waals surface area contributed by atoms with E-state index in [9.17, 15) is 0 Å². The van der Waals surface area contributed by atoms with Crippen LogP contribution in [0.4, 0.5) is 0 Å². The number of rotatable bonds is 6. The molecular formula is C61H37N9. The SMILES string of the molecule is c1cncc(-c2ccccc2-c2c(-n3c4ccccc4c4ccccc43)c(-n3c4ccccc4c4cnccc43)nc(-n3c4ccccc4c4cnccc43)c2-n2c3ccccc3c3cnccc32)c1. The highest BCUT2D eigenvalue weighted by Crippen LogP contribution is 2.50. The zero-order valence-corrected chi connectivity index (χ0v) is 37.4. The molecule has 0 aliphatic rings. The number of hydrogen-bond acceptors (Lipinski definition) is 5. The minimum Gasteiger partial charge on any atom is -0.305 e. The number of fused-ring (bicyclic) bond motifs is 12. The average molecular weight is 896 g/mol. The largest absolute Gasteiger partial charge is 0.305 e. The Kier molecular flexibility index (Phi) is 8.16. The molecule has 0 saturated carbocycles. The predicted molar refractivity (Wildman–Crippen MR) is 284 cm³/mol. The van der Waals surface area contributed by atoms with Crippen LogP contribution in [0.25, 0.3) is 132 Å². The number of hydrogen-bond donors (Lipinski definition) is 0. The first-order chi connectivity index (χ1) is 34.8. The molecular weight excluding hydrogens is 859 g/mol. The Morgan fingerprint density at radius 2 is 0.600 bits per heavy atom. The van der Waals surface area contributed by atoms with Crippen LogP contribution in [0.5, 0.6) is 0 Å². The summed E-state index contributed by atoms with van der Waals surface area (Å²) in [6, 6.07) is 62.7. The molecule has 0 radical (unpaired) electrons. The van der Waals surface area contributed by atoms with Gasteiger partial charge in [0.25, 0.3) is 0 Å². The lowest BCUT2D eigenvalue weighted by atomic mass is 9.92. The first kappa shape index (κ1) is 38.4. The molecule has 0 fully saturated rings. The zero-order valence-electron chi connectivity index (χ0n) is 37.4. The van der Waals surface area contributed by atoms with Crippen molar-refractivity contribution < 1.29 is 0 Å². The second-order valence-electron chi connectivity index (χ2n) is 17.7. The van der Waals surface area contributed by atoms with Crippen LogP contribution < -0.4 is 0 Å². The van der Waals surface area contributed by atoms with E-state index in [1.807, 2.05) is 55.6 Å². The molecule has 0 unspecified atom stereocenters. The third-order valence-corrected chi connectivity index (χ3v) is 14.2. The van der Waals surface area contributed by atoms with Gasteiger partial charge in [0.1, 0.15) is 11.4 Å². The summed E-state index contributed by atoms with van der Waals surface area (Å²) in [4.78, 5) is 25.1. The lowest BCUT2D eigenvalue weighted by Gasteiger charge is -2.27. The summed E-state index contributed by atoms with van der Waals surface area (Å²) in [6.45, 7) is 0. The van der Waals surface area contributed by atoms with E-state index in [1.165, 1.54) is 0 Å². The molecule has 70 heavy (non-hydrogen) atoms. The van der Waals surface area contributed by atoms with Gasteiger partial charge >= 0.3 is 0 Å². The van der Waals surface area contributed by atoms with Gasteiger partial charge in [0.15, 0.2) is 11.6 Å². The van der Waals surface area contributed by atoms with Crippen LogP contribution in [0.1, 0.15) is 0 Å². The van der Waals surface area contributed by atoms with E-state index in [-0.39, 0.29) is 0 Å². The molecule has 0 N–H and O–H groups in total. The van der Waals surface area contributed by atoms with Gasteiger partial charge in [0.2, 0.25) is 0 Å². The number of benzene rings is 6. The highest BCUT2D eigenvalue weighted by atomic mass is 15.2. The third-order valence-electron chi connectivity index (χ3n) is 14.2. The molecule has 0 amide bonds. The number of aromatic nitrogens is 9. The maximum absolute atomic E-state index is 6.30. The Balaban J connectivity index is 1.30. The van der Waals surface area contributed by atoms with Crippen LogP contribution >= 0.6 is 0 Å². The van der Waals surface area contributed by atoms with Crippen molar-refractivity contribution in [1.29, 1.82) is 0 Å². The second-order valence-corrected chi connectivity index (χ2v) is 17.7. The number of pyridine rings is 5. The smallest absolute Gasteiger partial charge is 0.165 e. The van der Waals surface area contributed by atoms with Crippen LogP contribution in [0.15, 0.2) is 225 Å². The molecule has 0 aliphatic carbocycles. The molecule has 9 heterocycles. The lowest BCUT2D eigenvalue weighted by Crippen LogP contribution is -2.16. The Bertz CT molecular complexity index is 4150. The van der Waals surface area contributed by atoms with E-state index in [2.05, 4.69) is 188 Å². The summed E-state index contributed by atoms with van der Waals surface area (Å²) in [7, 11) is 0. The van der Waals surface area contributed by atoms with E-state index in [1.54, 1.807) is 0 Å². The normalized spacial score (nSPS) is 12.0. The van der Waals surface area contributed by atoms with Gasteiger partial charge in [-0.15, -0.1) is 0 Å². The van der Waals surface area contributed by atoms with E-state index >= 15 is 0 Å². The van der Waals surface area contributed by atoms with Crippen molar-refractivity contribution in [2.75, 3.05) is 0 Å². The standard InChI is InChI=1S/C61H37N9/c1-2-21-45(39(15-1)38-14-13-30-62-34-38)57-58(67-49-22-8-3-16-40(49)41-17-4-9-23-50(41)67)60(69-52-25-11-6-19-43(52)47-36-64-32-28-55(47)69)66-61(70-53-26-12-7-20-44(53)48-37-65-33-29-56(48)70)59(57)68-51-24-10-5-18-42(51)46-35-63-31-27-54(46)68/h1-37H. The van der Waals surface area contributed by atoms with Crippen molar-refractivity contribution >= 4 is 87.2 Å². The van der Waals surface area contributed by atoms with Crippen LogP contribution in [0, 0.1) is 0 Å². The fourth-order valence-electron chi connectivity index (χ4n) is 11.3. The van der Waals surface area contributed by atoms with Crippen molar-refractivity contribution in [3.63, 3.8) is 0 Å². The molecule has 0 bridgehead atoms. The molecule has 15 rings (SSSR count). The molecule has 326 valence electrons. The molecule has 0 saturated heterocycles. The minimum absolute atomic E-state index is 0.743. The van der Waals surface area contributed by atoms with Crippen LogP contribution in [0.2, 0.25) is 0 Å². The van der Waals surface area contributed by atoms with E-state index in [0.29, 0.717) is 0 Å². The molecule has 9 heteroatoms. The van der Waals surface area contributed by atoms with Crippen molar-refractivity contribution in [3.05, 3.63) is 225 Å². The summed E-state index contributed by atoms with van der Waals surface area (Å²) < 4.78 is 9.61. The monoisotopic (exact) mass is 895 g/mol. The van der Waals surface area contributed by atoms with Crippen molar-refractivity contribution in [3.8, 4) is 45.3 Å². The molecule has 0 spiro atoms.